The Bertz CT molecular complexity index is 583. The molecule has 4 nitrogen and oxygen atoms in total. The van der Waals surface area contributed by atoms with Gasteiger partial charge in [0.2, 0.25) is 5.91 Å². The number of nitrogens with one attached hydrogen (secondary N) is 1. The van der Waals surface area contributed by atoms with E-state index < -0.39 is 5.82 Å². The van der Waals surface area contributed by atoms with Gasteiger partial charge in [-0.1, -0.05) is 51.2 Å². The number of hydrogen-bond donors (Lipinski definition) is 1. The molecule has 0 spiro atoms. The maximum Gasteiger partial charge on any atom is 0.256 e. The molecule has 1 aromatic carbocycles. The van der Waals surface area contributed by atoms with Gasteiger partial charge in [0.1, 0.15) is 5.82 Å². The van der Waals surface area contributed by atoms with Gasteiger partial charge in [0.25, 0.3) is 5.91 Å². The summed E-state index contributed by atoms with van der Waals surface area (Å²) in [7, 11) is 0. The van der Waals surface area contributed by atoms with E-state index in [-0.39, 0.29) is 23.4 Å². The van der Waals surface area contributed by atoms with Crippen molar-refractivity contribution in [3.05, 3.63) is 35.6 Å². The lowest BCUT2D eigenvalue weighted by Gasteiger charge is -2.32. The highest BCUT2D eigenvalue weighted by atomic mass is 19.1. The van der Waals surface area contributed by atoms with Crippen LogP contribution in [0.25, 0.3) is 0 Å². The second-order valence-electron chi connectivity index (χ2n) is 7.13. The van der Waals surface area contributed by atoms with Crippen LogP contribution < -0.4 is 5.32 Å². The largest absolute Gasteiger partial charge is 0.353 e. The van der Waals surface area contributed by atoms with Gasteiger partial charge in [0.05, 0.1) is 5.56 Å². The molecular formula is C21H31FN2O2. The van der Waals surface area contributed by atoms with Crippen molar-refractivity contribution in [2.75, 3.05) is 13.1 Å². The van der Waals surface area contributed by atoms with Crippen molar-refractivity contribution in [1.82, 2.24) is 10.2 Å². The van der Waals surface area contributed by atoms with Crippen molar-refractivity contribution in [3.8, 4) is 0 Å². The smallest absolute Gasteiger partial charge is 0.256 e. The third-order valence-electron chi connectivity index (χ3n) is 5.01. The topological polar surface area (TPSA) is 49.4 Å². The molecule has 0 bridgehead atoms. The van der Waals surface area contributed by atoms with E-state index in [4.69, 9.17) is 0 Å². The molecule has 0 radical (unpaired) electrons. The van der Waals surface area contributed by atoms with Gasteiger partial charge in [-0.2, -0.15) is 0 Å². The molecule has 1 aliphatic rings. The number of piperidine rings is 1. The predicted octanol–water partition coefficient (Wildman–Crippen LogP) is 4.30. The van der Waals surface area contributed by atoms with E-state index >= 15 is 0 Å². The van der Waals surface area contributed by atoms with Crippen molar-refractivity contribution < 1.29 is 14.0 Å². The third-order valence-corrected chi connectivity index (χ3v) is 5.01. The van der Waals surface area contributed by atoms with Crippen LogP contribution in [0.3, 0.4) is 0 Å². The molecule has 0 atom stereocenters. The number of unbranched alkanes of at least 4 members (excludes halogenated alkanes) is 5. The monoisotopic (exact) mass is 362 g/mol. The minimum atomic E-state index is -0.480. The molecule has 1 saturated heterocycles. The van der Waals surface area contributed by atoms with Crippen molar-refractivity contribution in [2.45, 2.75) is 70.8 Å². The van der Waals surface area contributed by atoms with Crippen molar-refractivity contribution in [2.24, 2.45) is 0 Å². The highest BCUT2D eigenvalue weighted by Gasteiger charge is 2.25. The minimum absolute atomic E-state index is 0.111. The van der Waals surface area contributed by atoms with Crippen LogP contribution in [0.2, 0.25) is 0 Å². The SMILES string of the molecule is CCCCCCCCC(=O)NC1CCN(C(=O)c2ccccc2F)CC1. The maximum absolute atomic E-state index is 13.8. The number of carbonyl (C=O) groups excluding carboxylic acids is 2. The first-order chi connectivity index (χ1) is 12.6. The second-order valence-corrected chi connectivity index (χ2v) is 7.13. The molecule has 0 saturated carbocycles. The van der Waals surface area contributed by atoms with Crippen molar-refractivity contribution in [3.63, 3.8) is 0 Å². The second kappa shape index (κ2) is 10.9. The van der Waals surface area contributed by atoms with Crippen LogP contribution in [0, 0.1) is 5.82 Å². The van der Waals surface area contributed by atoms with Crippen LogP contribution in [0.15, 0.2) is 24.3 Å². The molecule has 5 heteroatoms. The van der Waals surface area contributed by atoms with Gasteiger partial charge < -0.3 is 10.2 Å². The molecule has 1 N–H and O–H groups in total. The van der Waals surface area contributed by atoms with Crippen LogP contribution in [-0.2, 0) is 4.79 Å². The average molecular weight is 362 g/mol. The molecule has 26 heavy (non-hydrogen) atoms. The molecule has 1 heterocycles. The van der Waals surface area contributed by atoms with E-state index in [0.717, 1.165) is 25.7 Å². The predicted molar refractivity (Wildman–Crippen MR) is 101 cm³/mol. The van der Waals surface area contributed by atoms with Crippen LogP contribution >= 0.6 is 0 Å². The Balaban J connectivity index is 1.66. The zero-order chi connectivity index (χ0) is 18.8. The Morgan fingerprint density at radius 3 is 2.42 bits per heavy atom. The maximum atomic E-state index is 13.8. The Labute approximate surface area is 156 Å². The van der Waals surface area contributed by atoms with E-state index in [2.05, 4.69) is 12.2 Å². The molecule has 1 fully saturated rings. The molecule has 1 aliphatic heterocycles. The average Bonchev–Trinajstić information content (AvgIpc) is 2.65. The van der Waals surface area contributed by atoms with E-state index in [9.17, 15) is 14.0 Å². The number of amides is 2. The van der Waals surface area contributed by atoms with E-state index in [1.807, 2.05) is 0 Å². The standard InChI is InChI=1S/C21H31FN2O2/c1-2-3-4-5-6-7-12-20(25)23-17-13-15-24(16-14-17)21(26)18-10-8-9-11-19(18)22/h8-11,17H,2-7,12-16H2,1H3,(H,23,25). The van der Waals surface area contributed by atoms with Crippen LogP contribution in [0.1, 0.15) is 75.1 Å². The van der Waals surface area contributed by atoms with E-state index in [1.54, 1.807) is 17.0 Å². The molecule has 1 aromatic rings. The molecule has 2 amide bonds. The summed E-state index contributed by atoms with van der Waals surface area (Å²) in [6, 6.07) is 6.20. The summed E-state index contributed by atoms with van der Waals surface area (Å²) in [5, 5.41) is 3.08. The molecular weight excluding hydrogens is 331 g/mol. The first-order valence-electron chi connectivity index (χ1n) is 9.95. The van der Waals surface area contributed by atoms with E-state index in [1.165, 1.54) is 37.8 Å². The Kier molecular flexibility index (Phi) is 8.59. The first kappa shape index (κ1) is 20.4. The van der Waals surface area contributed by atoms with Gasteiger partial charge in [-0.15, -0.1) is 0 Å². The van der Waals surface area contributed by atoms with Gasteiger partial charge >= 0.3 is 0 Å². The Morgan fingerprint density at radius 1 is 1.08 bits per heavy atom. The highest BCUT2D eigenvalue weighted by molar-refractivity contribution is 5.94. The fraction of sp³-hybridized carbons (Fsp3) is 0.619. The highest BCUT2D eigenvalue weighted by Crippen LogP contribution is 2.16. The summed E-state index contributed by atoms with van der Waals surface area (Å²) in [4.78, 5) is 26.1. The lowest BCUT2D eigenvalue weighted by molar-refractivity contribution is -0.122. The number of halogens is 1. The lowest BCUT2D eigenvalue weighted by Crippen LogP contribution is -2.46. The number of nitrogens with zero attached hydrogens (tertiary/aromatic N) is 1. The number of hydrogen-bond acceptors (Lipinski definition) is 2. The van der Waals surface area contributed by atoms with Crippen LogP contribution in [-0.4, -0.2) is 35.8 Å². The summed E-state index contributed by atoms with van der Waals surface area (Å²) in [5.74, 6) is -0.633. The van der Waals surface area contributed by atoms with Gasteiger partial charge in [-0.25, -0.2) is 4.39 Å². The number of carbonyl (C=O) groups is 2. The zero-order valence-corrected chi connectivity index (χ0v) is 15.8. The quantitative estimate of drug-likeness (QED) is 0.666. The summed E-state index contributed by atoms with van der Waals surface area (Å²) in [6.45, 7) is 3.30. The normalized spacial score (nSPS) is 15.1. The Hall–Kier alpha value is -1.91. The minimum Gasteiger partial charge on any atom is -0.353 e. The molecule has 0 aliphatic carbocycles. The Morgan fingerprint density at radius 2 is 1.73 bits per heavy atom. The summed E-state index contributed by atoms with van der Waals surface area (Å²) in [6.07, 6.45) is 9.06. The van der Waals surface area contributed by atoms with Crippen molar-refractivity contribution >= 4 is 11.8 Å². The first-order valence-corrected chi connectivity index (χ1v) is 9.95. The zero-order valence-electron chi connectivity index (χ0n) is 15.8. The van der Waals surface area contributed by atoms with Gasteiger partial charge in [0.15, 0.2) is 0 Å². The molecule has 2 rings (SSSR count). The number of benzene rings is 1. The van der Waals surface area contributed by atoms with Crippen molar-refractivity contribution in [1.29, 1.82) is 0 Å². The summed E-state index contributed by atoms with van der Waals surface area (Å²) in [5.41, 5.74) is 0.123. The number of rotatable bonds is 9. The van der Waals surface area contributed by atoms with Gasteiger partial charge in [-0.05, 0) is 31.4 Å². The van der Waals surface area contributed by atoms with E-state index in [0.29, 0.717) is 19.5 Å². The fourth-order valence-corrected chi connectivity index (χ4v) is 3.40. The summed E-state index contributed by atoms with van der Waals surface area (Å²) < 4.78 is 13.8. The molecule has 0 aromatic heterocycles. The molecule has 144 valence electrons. The third kappa shape index (κ3) is 6.43. The lowest BCUT2D eigenvalue weighted by atomic mass is 10.0. The van der Waals surface area contributed by atoms with Gasteiger partial charge in [0, 0.05) is 25.6 Å². The fourth-order valence-electron chi connectivity index (χ4n) is 3.40. The number of likely N-dealkylation sites (tertiary alicyclic amines) is 1. The molecule has 0 unspecified atom stereocenters. The van der Waals surface area contributed by atoms with Gasteiger partial charge in [-0.3, -0.25) is 9.59 Å². The van der Waals surface area contributed by atoms with Crippen LogP contribution in [0.5, 0.6) is 0 Å². The van der Waals surface area contributed by atoms with Crippen LogP contribution in [0.4, 0.5) is 4.39 Å². The summed E-state index contributed by atoms with van der Waals surface area (Å²) >= 11 is 0.